The van der Waals surface area contributed by atoms with Crippen LogP contribution >= 0.6 is 0 Å². The number of fused-ring (bicyclic) bond motifs is 1. The van der Waals surface area contributed by atoms with Crippen LogP contribution in [0.15, 0.2) is 95.7 Å². The SMILES string of the molecule is CC1=NN(c2cccc(C(=O)O)c2)C(=O)/C1=C\c1ccc2c(ccn2Cc2ccccc2)c1. The second-order valence-electron chi connectivity index (χ2n) is 7.96. The van der Waals surface area contributed by atoms with Crippen molar-refractivity contribution in [2.24, 2.45) is 5.10 Å². The molecule has 1 aromatic heterocycles. The fraction of sp³-hybridized carbons (Fsp3) is 0.0741. The zero-order valence-corrected chi connectivity index (χ0v) is 18.0. The van der Waals surface area contributed by atoms with Crippen LogP contribution in [0.5, 0.6) is 0 Å². The van der Waals surface area contributed by atoms with E-state index in [2.05, 4.69) is 46.2 Å². The lowest BCUT2D eigenvalue weighted by Crippen LogP contribution is -2.21. The highest BCUT2D eigenvalue weighted by atomic mass is 16.4. The van der Waals surface area contributed by atoms with Crippen molar-refractivity contribution in [3.05, 3.63) is 107 Å². The van der Waals surface area contributed by atoms with Crippen LogP contribution in [0.3, 0.4) is 0 Å². The van der Waals surface area contributed by atoms with E-state index < -0.39 is 5.97 Å². The molecule has 0 unspecified atom stereocenters. The van der Waals surface area contributed by atoms with E-state index in [4.69, 9.17) is 0 Å². The molecule has 1 amide bonds. The van der Waals surface area contributed by atoms with E-state index in [-0.39, 0.29) is 11.5 Å². The molecule has 0 fully saturated rings. The molecule has 0 spiro atoms. The van der Waals surface area contributed by atoms with Crippen LogP contribution in [0.2, 0.25) is 0 Å². The van der Waals surface area contributed by atoms with Crippen molar-refractivity contribution in [2.75, 3.05) is 5.01 Å². The first kappa shape index (κ1) is 20.5. The normalized spacial score (nSPS) is 14.8. The average molecular weight is 435 g/mol. The Kier molecular flexibility index (Phi) is 5.11. The van der Waals surface area contributed by atoms with Gasteiger partial charge in [-0.15, -0.1) is 0 Å². The molecule has 0 radical (unpaired) electrons. The highest BCUT2D eigenvalue weighted by Gasteiger charge is 2.29. The summed E-state index contributed by atoms with van der Waals surface area (Å²) in [5.41, 5.74) is 4.86. The summed E-state index contributed by atoms with van der Waals surface area (Å²) in [5.74, 6) is -1.33. The molecule has 33 heavy (non-hydrogen) atoms. The van der Waals surface area contributed by atoms with Crippen LogP contribution in [0.25, 0.3) is 17.0 Å². The summed E-state index contributed by atoms with van der Waals surface area (Å²) in [7, 11) is 0. The number of benzene rings is 3. The Labute approximate surface area is 190 Å². The summed E-state index contributed by atoms with van der Waals surface area (Å²) in [4.78, 5) is 24.3. The summed E-state index contributed by atoms with van der Waals surface area (Å²) in [6.45, 7) is 2.57. The molecule has 1 N–H and O–H groups in total. The molecule has 2 heterocycles. The average Bonchev–Trinajstić information content (AvgIpc) is 3.35. The molecule has 6 nitrogen and oxygen atoms in total. The van der Waals surface area contributed by atoms with Crippen molar-refractivity contribution in [2.45, 2.75) is 13.5 Å². The number of hydrogen-bond donors (Lipinski definition) is 1. The van der Waals surface area contributed by atoms with Crippen LogP contribution < -0.4 is 5.01 Å². The molecule has 1 aliphatic rings. The van der Waals surface area contributed by atoms with Gasteiger partial charge in [-0.25, -0.2) is 4.79 Å². The lowest BCUT2D eigenvalue weighted by molar-refractivity contribution is -0.114. The van der Waals surface area contributed by atoms with Gasteiger partial charge in [0.1, 0.15) is 0 Å². The first-order valence-electron chi connectivity index (χ1n) is 10.6. The fourth-order valence-corrected chi connectivity index (χ4v) is 4.02. The maximum absolute atomic E-state index is 13.1. The van der Waals surface area contributed by atoms with Crippen LogP contribution in [-0.2, 0) is 11.3 Å². The molecule has 3 aromatic carbocycles. The molecule has 0 saturated carbocycles. The number of nitrogens with zero attached hydrogens (tertiary/aromatic N) is 3. The number of hydrazone groups is 1. The Balaban J connectivity index is 1.42. The number of carboxylic acids is 1. The van der Waals surface area contributed by atoms with Crippen molar-refractivity contribution >= 4 is 40.3 Å². The molecule has 1 aliphatic heterocycles. The van der Waals surface area contributed by atoms with E-state index in [0.29, 0.717) is 17.0 Å². The largest absolute Gasteiger partial charge is 0.478 e. The van der Waals surface area contributed by atoms with Gasteiger partial charge in [0.05, 0.1) is 22.5 Å². The van der Waals surface area contributed by atoms with Gasteiger partial charge in [0.15, 0.2) is 0 Å². The minimum atomic E-state index is -1.05. The first-order chi connectivity index (χ1) is 16.0. The van der Waals surface area contributed by atoms with Gasteiger partial charge in [0, 0.05) is 23.6 Å². The Bertz CT molecular complexity index is 1450. The number of rotatable bonds is 5. The maximum Gasteiger partial charge on any atom is 0.335 e. The molecule has 4 aromatic rings. The number of carbonyl (C=O) groups is 2. The molecule has 0 bridgehead atoms. The van der Waals surface area contributed by atoms with Gasteiger partial charge in [-0.1, -0.05) is 42.5 Å². The summed E-state index contributed by atoms with van der Waals surface area (Å²) >= 11 is 0. The van der Waals surface area contributed by atoms with Crippen molar-refractivity contribution in [1.29, 1.82) is 0 Å². The van der Waals surface area contributed by atoms with Crippen molar-refractivity contribution in [1.82, 2.24) is 4.57 Å². The van der Waals surface area contributed by atoms with Crippen LogP contribution in [0.4, 0.5) is 5.69 Å². The van der Waals surface area contributed by atoms with Crippen molar-refractivity contribution < 1.29 is 14.7 Å². The lowest BCUT2D eigenvalue weighted by Gasteiger charge is -2.12. The predicted molar refractivity (Wildman–Crippen MR) is 129 cm³/mol. The van der Waals surface area contributed by atoms with Gasteiger partial charge in [-0.2, -0.15) is 10.1 Å². The van der Waals surface area contributed by atoms with Crippen molar-refractivity contribution in [3.8, 4) is 0 Å². The van der Waals surface area contributed by atoms with Crippen LogP contribution in [0.1, 0.15) is 28.4 Å². The highest BCUT2D eigenvalue weighted by Crippen LogP contribution is 2.27. The molecular formula is C27H21N3O3. The smallest absolute Gasteiger partial charge is 0.335 e. The Morgan fingerprint density at radius 1 is 1.00 bits per heavy atom. The third-order valence-electron chi connectivity index (χ3n) is 5.70. The fourth-order valence-electron chi connectivity index (χ4n) is 4.02. The maximum atomic E-state index is 13.1. The number of aromatic nitrogens is 1. The number of carbonyl (C=O) groups excluding carboxylic acids is 1. The zero-order chi connectivity index (χ0) is 22.9. The van der Waals surface area contributed by atoms with Crippen molar-refractivity contribution in [3.63, 3.8) is 0 Å². The summed E-state index contributed by atoms with van der Waals surface area (Å²) in [6.07, 6.45) is 3.90. The minimum Gasteiger partial charge on any atom is -0.478 e. The quantitative estimate of drug-likeness (QED) is 0.438. The highest BCUT2D eigenvalue weighted by molar-refractivity contribution is 6.32. The topological polar surface area (TPSA) is 74.9 Å². The number of amides is 1. The lowest BCUT2D eigenvalue weighted by atomic mass is 10.1. The second-order valence-corrected chi connectivity index (χ2v) is 7.96. The number of hydrogen-bond acceptors (Lipinski definition) is 3. The third kappa shape index (κ3) is 3.94. The van der Waals surface area contributed by atoms with Gasteiger partial charge < -0.3 is 9.67 Å². The Morgan fingerprint density at radius 2 is 1.82 bits per heavy atom. The van der Waals surface area contributed by atoms with E-state index in [9.17, 15) is 14.7 Å². The Hall–Kier alpha value is -4.45. The van der Waals surface area contributed by atoms with E-state index in [0.717, 1.165) is 23.0 Å². The van der Waals surface area contributed by atoms with E-state index in [1.165, 1.54) is 22.7 Å². The molecule has 0 atom stereocenters. The van der Waals surface area contributed by atoms with E-state index >= 15 is 0 Å². The molecule has 0 saturated heterocycles. The van der Waals surface area contributed by atoms with E-state index in [1.807, 2.05) is 30.3 Å². The summed E-state index contributed by atoms with van der Waals surface area (Å²) < 4.78 is 2.20. The molecule has 5 rings (SSSR count). The summed E-state index contributed by atoms with van der Waals surface area (Å²) in [5, 5.41) is 15.9. The molecule has 6 heteroatoms. The van der Waals surface area contributed by atoms with Crippen LogP contribution in [0, 0.1) is 0 Å². The molecule has 162 valence electrons. The third-order valence-corrected chi connectivity index (χ3v) is 5.70. The number of aromatic carboxylic acids is 1. The predicted octanol–water partition coefficient (Wildman–Crippen LogP) is 5.19. The van der Waals surface area contributed by atoms with Gasteiger partial charge in [0.2, 0.25) is 0 Å². The first-order valence-corrected chi connectivity index (χ1v) is 10.6. The molecular weight excluding hydrogens is 414 g/mol. The van der Waals surface area contributed by atoms with Gasteiger partial charge in [-0.05, 0) is 60.5 Å². The van der Waals surface area contributed by atoms with Gasteiger partial charge in [0.25, 0.3) is 5.91 Å². The van der Waals surface area contributed by atoms with E-state index in [1.54, 1.807) is 19.1 Å². The van der Waals surface area contributed by atoms with Gasteiger partial charge >= 0.3 is 5.97 Å². The number of anilines is 1. The van der Waals surface area contributed by atoms with Gasteiger partial charge in [-0.3, -0.25) is 4.79 Å². The standard InChI is InChI=1S/C27H21N3O3/c1-18-24(26(31)30(28-18)23-9-5-8-22(16-23)27(32)33)15-20-10-11-25-21(14-20)12-13-29(25)17-19-6-3-2-4-7-19/h2-16H,17H2,1H3,(H,32,33)/b24-15-. The number of carboxylic acid groups (broad SMARTS) is 1. The Morgan fingerprint density at radius 3 is 2.61 bits per heavy atom. The monoisotopic (exact) mass is 435 g/mol. The minimum absolute atomic E-state index is 0.107. The zero-order valence-electron chi connectivity index (χ0n) is 18.0. The second kappa shape index (κ2) is 8.24. The van der Waals surface area contributed by atoms with Crippen LogP contribution in [-0.4, -0.2) is 27.3 Å². The summed E-state index contributed by atoms with van der Waals surface area (Å²) in [6, 6.07) is 24.7. The molecule has 0 aliphatic carbocycles.